The van der Waals surface area contributed by atoms with Gasteiger partial charge in [-0.25, -0.2) is 4.98 Å². The van der Waals surface area contributed by atoms with Crippen molar-refractivity contribution in [1.82, 2.24) is 9.55 Å². The van der Waals surface area contributed by atoms with E-state index in [2.05, 4.69) is 10.1 Å². The van der Waals surface area contributed by atoms with E-state index in [1.807, 2.05) is 0 Å². The summed E-state index contributed by atoms with van der Waals surface area (Å²) in [5.41, 5.74) is 11.1. The van der Waals surface area contributed by atoms with Crippen molar-refractivity contribution >= 4 is 11.7 Å². The van der Waals surface area contributed by atoms with Crippen molar-refractivity contribution in [3.8, 4) is 0 Å². The predicted octanol–water partition coefficient (Wildman–Crippen LogP) is -0.903. The summed E-state index contributed by atoms with van der Waals surface area (Å²) in [4.78, 5) is 3.75. The lowest BCUT2D eigenvalue weighted by Gasteiger charge is -1.98. The largest absolute Gasteiger partial charge is 0.409 e. The Balaban J connectivity index is 3.21. The van der Waals surface area contributed by atoms with Crippen molar-refractivity contribution in [2.24, 2.45) is 17.9 Å². The first kappa shape index (κ1) is 7.39. The second-order valence-corrected chi connectivity index (χ2v) is 2.07. The van der Waals surface area contributed by atoms with E-state index in [4.69, 9.17) is 16.7 Å². The highest BCUT2D eigenvalue weighted by molar-refractivity contribution is 5.99. The number of aryl methyl sites for hydroxylation is 1. The highest BCUT2D eigenvalue weighted by atomic mass is 16.4. The van der Waals surface area contributed by atoms with Crippen LogP contribution >= 0.6 is 0 Å². The summed E-state index contributed by atoms with van der Waals surface area (Å²) in [5, 5.41) is 11.1. The fourth-order valence-electron chi connectivity index (χ4n) is 0.808. The lowest BCUT2D eigenvalue weighted by atomic mass is 10.4. The zero-order valence-electron chi connectivity index (χ0n) is 6.02. The van der Waals surface area contributed by atoms with Crippen LogP contribution in [0.25, 0.3) is 0 Å². The third-order valence-corrected chi connectivity index (χ3v) is 1.32. The first-order valence-corrected chi connectivity index (χ1v) is 2.91. The zero-order valence-corrected chi connectivity index (χ0v) is 6.02. The van der Waals surface area contributed by atoms with Gasteiger partial charge in [0.25, 0.3) is 0 Å². The topological polar surface area (TPSA) is 102 Å². The lowest BCUT2D eigenvalue weighted by molar-refractivity contribution is 0.318. The molecule has 0 radical (unpaired) electrons. The Hall–Kier alpha value is -1.72. The molecule has 0 amide bonds. The molecule has 1 rings (SSSR count). The van der Waals surface area contributed by atoms with Gasteiger partial charge in [-0.05, 0) is 0 Å². The van der Waals surface area contributed by atoms with Gasteiger partial charge in [-0.2, -0.15) is 0 Å². The highest BCUT2D eigenvalue weighted by Gasteiger charge is 2.09. The van der Waals surface area contributed by atoms with Crippen LogP contribution in [0, 0.1) is 0 Å². The number of rotatable bonds is 1. The van der Waals surface area contributed by atoms with E-state index >= 15 is 0 Å². The van der Waals surface area contributed by atoms with Crippen molar-refractivity contribution in [2.45, 2.75) is 0 Å². The second-order valence-electron chi connectivity index (χ2n) is 2.07. The maximum absolute atomic E-state index is 8.32. The maximum atomic E-state index is 8.32. The quantitative estimate of drug-likeness (QED) is 0.211. The van der Waals surface area contributed by atoms with Crippen molar-refractivity contribution in [3.63, 3.8) is 0 Å². The minimum absolute atomic E-state index is 0.0394. The SMILES string of the molecule is Cn1cnc(N)c1/C(N)=N/O. The van der Waals surface area contributed by atoms with Crippen LogP contribution in [0.5, 0.6) is 0 Å². The minimum atomic E-state index is -0.0394. The van der Waals surface area contributed by atoms with Gasteiger partial charge in [0.05, 0.1) is 6.33 Å². The van der Waals surface area contributed by atoms with Crippen LogP contribution in [0.15, 0.2) is 11.5 Å². The molecule has 6 nitrogen and oxygen atoms in total. The first-order valence-electron chi connectivity index (χ1n) is 2.91. The molecule has 0 saturated heterocycles. The molecule has 0 unspecified atom stereocenters. The van der Waals surface area contributed by atoms with Crippen molar-refractivity contribution < 1.29 is 5.21 Å². The molecule has 6 heteroatoms. The van der Waals surface area contributed by atoms with Gasteiger partial charge in [0, 0.05) is 7.05 Å². The van der Waals surface area contributed by atoms with Crippen LogP contribution in [0.3, 0.4) is 0 Å². The number of hydrogen-bond donors (Lipinski definition) is 3. The van der Waals surface area contributed by atoms with Crippen LogP contribution in [0.1, 0.15) is 5.69 Å². The number of nitrogens with two attached hydrogens (primary N) is 2. The van der Waals surface area contributed by atoms with Gasteiger partial charge in [-0.3, -0.25) is 0 Å². The molecule has 0 aromatic carbocycles. The summed E-state index contributed by atoms with van der Waals surface area (Å²) in [6.07, 6.45) is 1.49. The highest BCUT2D eigenvalue weighted by Crippen LogP contribution is 2.06. The average Bonchev–Trinajstić information content (AvgIpc) is 2.30. The molecular formula is C5H9N5O. The summed E-state index contributed by atoms with van der Waals surface area (Å²) in [6.45, 7) is 0. The maximum Gasteiger partial charge on any atom is 0.190 e. The molecule has 0 bridgehead atoms. The van der Waals surface area contributed by atoms with Crippen molar-refractivity contribution in [2.75, 3.05) is 5.73 Å². The van der Waals surface area contributed by atoms with E-state index in [1.165, 1.54) is 6.33 Å². The van der Waals surface area contributed by atoms with Crippen molar-refractivity contribution in [1.29, 1.82) is 0 Å². The number of oxime groups is 1. The molecule has 60 valence electrons. The minimum Gasteiger partial charge on any atom is -0.409 e. The fourth-order valence-corrected chi connectivity index (χ4v) is 0.808. The third kappa shape index (κ3) is 1.09. The van der Waals surface area contributed by atoms with Gasteiger partial charge >= 0.3 is 0 Å². The Morgan fingerprint density at radius 3 is 2.82 bits per heavy atom. The Morgan fingerprint density at radius 1 is 1.82 bits per heavy atom. The number of imidazole rings is 1. The smallest absolute Gasteiger partial charge is 0.190 e. The van der Waals surface area contributed by atoms with E-state index in [0.717, 1.165) is 0 Å². The van der Waals surface area contributed by atoms with Crippen LogP contribution in [0.2, 0.25) is 0 Å². The normalized spacial score (nSPS) is 11.9. The number of amidine groups is 1. The van der Waals surface area contributed by atoms with Crippen LogP contribution in [0.4, 0.5) is 5.82 Å². The molecule has 0 spiro atoms. The van der Waals surface area contributed by atoms with E-state index in [1.54, 1.807) is 11.6 Å². The van der Waals surface area contributed by atoms with Crippen LogP contribution in [-0.2, 0) is 7.05 Å². The van der Waals surface area contributed by atoms with E-state index < -0.39 is 0 Å². The molecule has 1 aromatic heterocycles. The van der Waals surface area contributed by atoms with E-state index in [-0.39, 0.29) is 11.7 Å². The number of hydrogen-bond acceptors (Lipinski definition) is 4. The Kier molecular flexibility index (Phi) is 1.67. The van der Waals surface area contributed by atoms with E-state index in [9.17, 15) is 0 Å². The lowest BCUT2D eigenvalue weighted by Crippen LogP contribution is -2.18. The molecule has 0 aliphatic carbocycles. The number of anilines is 1. The molecule has 5 N–H and O–H groups in total. The number of aromatic nitrogens is 2. The Bertz CT molecular complexity index is 270. The summed E-state index contributed by atoms with van der Waals surface area (Å²) < 4.78 is 1.57. The summed E-state index contributed by atoms with van der Waals surface area (Å²) in [7, 11) is 1.71. The van der Waals surface area contributed by atoms with Crippen LogP contribution < -0.4 is 11.5 Å². The molecular weight excluding hydrogens is 146 g/mol. The molecule has 0 fully saturated rings. The van der Waals surface area contributed by atoms with Gasteiger partial charge in [-0.1, -0.05) is 5.16 Å². The monoisotopic (exact) mass is 155 g/mol. The summed E-state index contributed by atoms with van der Waals surface area (Å²) in [6, 6.07) is 0. The third-order valence-electron chi connectivity index (χ3n) is 1.32. The first-order chi connectivity index (χ1) is 5.16. The van der Waals surface area contributed by atoms with Gasteiger partial charge in [0.15, 0.2) is 11.7 Å². The number of nitrogens with zero attached hydrogens (tertiary/aromatic N) is 3. The molecule has 0 saturated carbocycles. The average molecular weight is 155 g/mol. The molecule has 0 atom stereocenters. The number of nitrogen functional groups attached to an aromatic ring is 1. The molecule has 1 heterocycles. The summed E-state index contributed by atoms with van der Waals surface area (Å²) >= 11 is 0. The molecule has 0 aliphatic rings. The van der Waals surface area contributed by atoms with E-state index in [0.29, 0.717) is 5.69 Å². The predicted molar refractivity (Wildman–Crippen MR) is 40.1 cm³/mol. The Morgan fingerprint density at radius 2 is 2.45 bits per heavy atom. The van der Waals surface area contributed by atoms with Gasteiger partial charge in [-0.15, -0.1) is 0 Å². The summed E-state index contributed by atoms with van der Waals surface area (Å²) in [5.74, 6) is 0.213. The van der Waals surface area contributed by atoms with Gasteiger partial charge in [0.2, 0.25) is 0 Å². The fraction of sp³-hybridized carbons (Fsp3) is 0.200. The van der Waals surface area contributed by atoms with Crippen molar-refractivity contribution in [3.05, 3.63) is 12.0 Å². The molecule has 11 heavy (non-hydrogen) atoms. The molecule has 1 aromatic rings. The van der Waals surface area contributed by atoms with Gasteiger partial charge < -0.3 is 21.2 Å². The van der Waals surface area contributed by atoms with Gasteiger partial charge in [0.1, 0.15) is 5.69 Å². The standard InChI is InChI=1S/C5H9N5O/c1-10-2-8-4(6)3(10)5(7)9-11/h2,11H,6H2,1H3,(H2,7,9). The zero-order chi connectivity index (χ0) is 8.43. The second kappa shape index (κ2) is 2.49. The molecule has 0 aliphatic heterocycles. The van der Waals surface area contributed by atoms with Crippen LogP contribution in [-0.4, -0.2) is 20.6 Å². The Labute approximate surface area is 63.1 Å².